The highest BCUT2D eigenvalue weighted by Gasteiger charge is 2.42. The first-order chi connectivity index (χ1) is 13.2. The van der Waals surface area contributed by atoms with Crippen LogP contribution < -0.4 is 0 Å². The predicted octanol–water partition coefficient (Wildman–Crippen LogP) is 4.18. The van der Waals surface area contributed by atoms with E-state index in [0.717, 1.165) is 50.6 Å². The van der Waals surface area contributed by atoms with Gasteiger partial charge >= 0.3 is 0 Å². The molecule has 2 aromatic rings. The van der Waals surface area contributed by atoms with Crippen molar-refractivity contribution >= 4 is 28.2 Å². The standard InChI is InChI=1S/C23H26N2O2/c26-22-16-4-3-5-17(22)13-18(12-16)23(27)25-10-8-15(9-11-25)20-14-24-21-7-2-1-6-19(20)21/h1-2,6-8,14,16-18,24H,3-5,9-13H2. The van der Waals surface area contributed by atoms with E-state index < -0.39 is 0 Å². The predicted molar refractivity (Wildman–Crippen MR) is 106 cm³/mol. The van der Waals surface area contributed by atoms with Crippen LogP contribution in [0.1, 0.15) is 44.1 Å². The van der Waals surface area contributed by atoms with Crippen LogP contribution in [0.2, 0.25) is 0 Å². The molecule has 5 rings (SSSR count). The number of para-hydroxylation sites is 1. The van der Waals surface area contributed by atoms with Crippen molar-refractivity contribution in [3.8, 4) is 0 Å². The summed E-state index contributed by atoms with van der Waals surface area (Å²) in [6.07, 6.45) is 9.89. The summed E-state index contributed by atoms with van der Waals surface area (Å²) >= 11 is 0. The van der Waals surface area contributed by atoms with Gasteiger partial charge in [0.15, 0.2) is 0 Å². The highest BCUT2D eigenvalue weighted by Crippen LogP contribution is 2.41. The van der Waals surface area contributed by atoms with Crippen molar-refractivity contribution in [3.63, 3.8) is 0 Å². The number of rotatable bonds is 2. The molecule has 1 aromatic heterocycles. The molecule has 4 heteroatoms. The Morgan fingerprint density at radius 1 is 1.11 bits per heavy atom. The van der Waals surface area contributed by atoms with Gasteiger partial charge in [-0.1, -0.05) is 30.7 Å². The number of H-pyrrole nitrogens is 1. The van der Waals surface area contributed by atoms with E-state index in [9.17, 15) is 9.59 Å². The molecule has 3 aliphatic rings. The Bertz CT molecular complexity index is 909. The third kappa shape index (κ3) is 2.91. The van der Waals surface area contributed by atoms with E-state index in [4.69, 9.17) is 0 Å². The number of Topliss-reactive ketones (excluding diaryl/α,β-unsaturated/α-hetero) is 1. The van der Waals surface area contributed by atoms with Crippen molar-refractivity contribution in [1.29, 1.82) is 0 Å². The van der Waals surface area contributed by atoms with Crippen LogP contribution in [0.15, 0.2) is 36.5 Å². The van der Waals surface area contributed by atoms with Gasteiger partial charge in [0.2, 0.25) is 5.91 Å². The topological polar surface area (TPSA) is 53.2 Å². The van der Waals surface area contributed by atoms with Gasteiger partial charge in [0.05, 0.1) is 0 Å². The van der Waals surface area contributed by atoms with Crippen LogP contribution >= 0.6 is 0 Å². The Labute approximate surface area is 159 Å². The molecule has 2 heterocycles. The van der Waals surface area contributed by atoms with Crippen molar-refractivity contribution in [1.82, 2.24) is 9.88 Å². The summed E-state index contributed by atoms with van der Waals surface area (Å²) in [6.45, 7) is 1.47. The number of hydrogen-bond donors (Lipinski definition) is 1. The third-order valence-corrected chi connectivity index (χ3v) is 6.85. The van der Waals surface area contributed by atoms with Gasteiger partial charge in [0.1, 0.15) is 5.78 Å². The molecule has 1 aromatic carbocycles. The summed E-state index contributed by atoms with van der Waals surface area (Å²) in [6, 6.07) is 8.36. The van der Waals surface area contributed by atoms with E-state index >= 15 is 0 Å². The number of ketones is 1. The first-order valence-corrected chi connectivity index (χ1v) is 10.3. The van der Waals surface area contributed by atoms with Gasteiger partial charge in [-0.25, -0.2) is 0 Å². The molecule has 2 saturated carbocycles. The van der Waals surface area contributed by atoms with Crippen molar-refractivity contribution in [2.75, 3.05) is 13.1 Å². The second kappa shape index (κ2) is 6.66. The summed E-state index contributed by atoms with van der Waals surface area (Å²) in [4.78, 5) is 30.7. The Morgan fingerprint density at radius 3 is 2.63 bits per heavy atom. The van der Waals surface area contributed by atoms with Crippen LogP contribution in [0.25, 0.3) is 16.5 Å². The molecule has 2 bridgehead atoms. The average molecular weight is 362 g/mol. The summed E-state index contributed by atoms with van der Waals surface area (Å²) in [7, 11) is 0. The number of aromatic nitrogens is 1. The fourth-order valence-electron chi connectivity index (χ4n) is 5.39. The molecule has 2 fully saturated rings. The number of nitrogens with one attached hydrogen (secondary N) is 1. The molecule has 1 N–H and O–H groups in total. The zero-order chi connectivity index (χ0) is 18.4. The minimum atomic E-state index is 0.0565. The van der Waals surface area contributed by atoms with Gasteiger partial charge in [-0.2, -0.15) is 0 Å². The fraction of sp³-hybridized carbons (Fsp3) is 0.478. The summed E-state index contributed by atoms with van der Waals surface area (Å²) in [5.74, 6) is 1.06. The van der Waals surface area contributed by atoms with Crippen molar-refractivity contribution in [3.05, 3.63) is 42.1 Å². The summed E-state index contributed by atoms with van der Waals surface area (Å²) in [5, 5.41) is 1.25. The molecule has 2 unspecified atom stereocenters. The maximum Gasteiger partial charge on any atom is 0.226 e. The highest BCUT2D eigenvalue weighted by atomic mass is 16.2. The van der Waals surface area contributed by atoms with E-state index in [2.05, 4.69) is 35.5 Å². The zero-order valence-corrected chi connectivity index (χ0v) is 15.6. The molecular formula is C23H26N2O2. The summed E-state index contributed by atoms with van der Waals surface area (Å²) < 4.78 is 0. The lowest BCUT2D eigenvalue weighted by molar-refractivity contribution is -0.142. The Morgan fingerprint density at radius 2 is 1.89 bits per heavy atom. The minimum absolute atomic E-state index is 0.0565. The molecule has 0 radical (unpaired) electrons. The Balaban J connectivity index is 1.30. The van der Waals surface area contributed by atoms with E-state index in [1.807, 2.05) is 11.0 Å². The van der Waals surface area contributed by atoms with E-state index in [1.54, 1.807) is 0 Å². The maximum atomic E-state index is 13.1. The van der Waals surface area contributed by atoms with E-state index in [-0.39, 0.29) is 23.7 Å². The average Bonchev–Trinajstić information content (AvgIpc) is 3.11. The first-order valence-electron chi connectivity index (χ1n) is 10.3. The van der Waals surface area contributed by atoms with Crippen LogP contribution in [-0.4, -0.2) is 34.7 Å². The van der Waals surface area contributed by atoms with Gasteiger partial charge in [-0.3, -0.25) is 9.59 Å². The number of benzene rings is 1. The lowest BCUT2D eigenvalue weighted by Crippen LogP contribution is -2.45. The molecule has 0 saturated heterocycles. The molecule has 2 aliphatic carbocycles. The number of hydrogen-bond acceptors (Lipinski definition) is 2. The van der Waals surface area contributed by atoms with Gasteiger partial charge in [0, 0.05) is 53.5 Å². The number of fused-ring (bicyclic) bond motifs is 3. The molecular weight excluding hydrogens is 336 g/mol. The summed E-state index contributed by atoms with van der Waals surface area (Å²) in [5.41, 5.74) is 3.74. The number of aromatic amines is 1. The molecule has 1 aliphatic heterocycles. The highest BCUT2D eigenvalue weighted by molar-refractivity contribution is 5.93. The molecule has 1 amide bonds. The number of carbonyl (C=O) groups is 2. The van der Waals surface area contributed by atoms with Gasteiger partial charge in [0.25, 0.3) is 0 Å². The van der Waals surface area contributed by atoms with E-state index in [0.29, 0.717) is 12.3 Å². The zero-order valence-electron chi connectivity index (χ0n) is 15.6. The monoisotopic (exact) mass is 362 g/mol. The largest absolute Gasteiger partial charge is 0.361 e. The van der Waals surface area contributed by atoms with Gasteiger partial charge in [-0.05, 0) is 43.7 Å². The number of carbonyl (C=O) groups excluding carboxylic acids is 2. The molecule has 27 heavy (non-hydrogen) atoms. The smallest absolute Gasteiger partial charge is 0.226 e. The molecule has 4 nitrogen and oxygen atoms in total. The third-order valence-electron chi connectivity index (χ3n) is 6.85. The van der Waals surface area contributed by atoms with Crippen LogP contribution in [0, 0.1) is 17.8 Å². The van der Waals surface area contributed by atoms with Crippen molar-refractivity contribution < 1.29 is 9.59 Å². The second-order valence-electron chi connectivity index (χ2n) is 8.41. The number of nitrogens with zero attached hydrogens (tertiary/aromatic N) is 1. The maximum absolute atomic E-state index is 13.1. The SMILES string of the molecule is O=C1C2CCCC1CC(C(=O)N1CC=C(c3c[nH]c4ccccc34)CC1)C2. The normalized spacial score (nSPS) is 28.3. The molecule has 140 valence electrons. The fourth-order valence-corrected chi connectivity index (χ4v) is 5.39. The molecule has 2 atom stereocenters. The van der Waals surface area contributed by atoms with E-state index in [1.165, 1.54) is 16.5 Å². The molecule has 0 spiro atoms. The van der Waals surface area contributed by atoms with Crippen molar-refractivity contribution in [2.24, 2.45) is 17.8 Å². The van der Waals surface area contributed by atoms with Crippen LogP contribution in [-0.2, 0) is 9.59 Å². The van der Waals surface area contributed by atoms with Crippen LogP contribution in [0.3, 0.4) is 0 Å². The quantitative estimate of drug-likeness (QED) is 0.871. The lowest BCUT2D eigenvalue weighted by atomic mass is 9.67. The minimum Gasteiger partial charge on any atom is -0.361 e. The Hall–Kier alpha value is -2.36. The van der Waals surface area contributed by atoms with Gasteiger partial charge < -0.3 is 9.88 Å². The first kappa shape index (κ1) is 16.8. The lowest BCUT2D eigenvalue weighted by Gasteiger charge is -2.39. The van der Waals surface area contributed by atoms with Gasteiger partial charge in [-0.15, -0.1) is 0 Å². The number of amides is 1. The van der Waals surface area contributed by atoms with Crippen molar-refractivity contribution in [2.45, 2.75) is 38.5 Å². The van der Waals surface area contributed by atoms with Crippen LogP contribution in [0.4, 0.5) is 0 Å². The Kier molecular flexibility index (Phi) is 4.14. The second-order valence-corrected chi connectivity index (χ2v) is 8.41. The van der Waals surface area contributed by atoms with Crippen LogP contribution in [0.5, 0.6) is 0 Å².